The van der Waals surface area contributed by atoms with E-state index >= 15 is 0 Å². The van der Waals surface area contributed by atoms with E-state index in [0.717, 1.165) is 0 Å². The molecule has 0 atom stereocenters. The molecule has 0 saturated carbocycles. The highest BCUT2D eigenvalue weighted by molar-refractivity contribution is 5.88. The van der Waals surface area contributed by atoms with Gasteiger partial charge in [0.05, 0.1) is 12.2 Å². The maximum atomic E-state index is 12.6. The van der Waals surface area contributed by atoms with Crippen molar-refractivity contribution in [2.24, 2.45) is 5.73 Å². The van der Waals surface area contributed by atoms with Crippen molar-refractivity contribution in [1.82, 2.24) is 4.98 Å². The van der Waals surface area contributed by atoms with Crippen LogP contribution < -0.4 is 10.5 Å². The molecule has 0 aliphatic carbocycles. The summed E-state index contributed by atoms with van der Waals surface area (Å²) in [5.41, 5.74) is 6.51. The van der Waals surface area contributed by atoms with Crippen LogP contribution in [0.4, 0.5) is 13.2 Å². The molecule has 4 nitrogen and oxygen atoms in total. The van der Waals surface area contributed by atoms with Gasteiger partial charge in [0.2, 0.25) is 0 Å². The summed E-state index contributed by atoms with van der Waals surface area (Å²) < 4.78 is 47.2. The van der Waals surface area contributed by atoms with E-state index in [1.165, 1.54) is 6.07 Å². The lowest BCUT2D eigenvalue weighted by atomic mass is 10.1. The molecule has 2 aromatic heterocycles. The van der Waals surface area contributed by atoms with Gasteiger partial charge in [0.25, 0.3) is 0 Å². The molecule has 0 unspecified atom stereocenters. The molecule has 7 heteroatoms. The van der Waals surface area contributed by atoms with Crippen molar-refractivity contribution < 1.29 is 22.3 Å². The Kier molecular flexibility index (Phi) is 3.50. The van der Waals surface area contributed by atoms with Gasteiger partial charge in [0, 0.05) is 17.1 Å². The summed E-state index contributed by atoms with van der Waals surface area (Å²) in [6.45, 7) is 0.0824. The molecule has 0 aliphatic rings. The van der Waals surface area contributed by atoms with Gasteiger partial charge >= 0.3 is 6.36 Å². The average Bonchev–Trinajstić information content (AvgIpc) is 2.90. The van der Waals surface area contributed by atoms with Crippen LogP contribution >= 0.6 is 0 Å². The largest absolute Gasteiger partial charge is 0.573 e. The number of rotatable bonds is 3. The van der Waals surface area contributed by atoms with Crippen molar-refractivity contribution in [3.8, 4) is 17.0 Å². The summed E-state index contributed by atoms with van der Waals surface area (Å²) in [5.74, 6) is -0.0365. The second-order valence-corrected chi connectivity index (χ2v) is 4.57. The van der Waals surface area contributed by atoms with Crippen LogP contribution in [0.3, 0.4) is 0 Å². The average molecular weight is 308 g/mol. The fourth-order valence-corrected chi connectivity index (χ4v) is 2.16. The first kappa shape index (κ1) is 14.4. The number of fused-ring (bicyclic) bond motifs is 1. The van der Waals surface area contributed by atoms with Crippen LogP contribution in [-0.2, 0) is 6.54 Å². The van der Waals surface area contributed by atoms with Crippen LogP contribution in [0.25, 0.3) is 22.2 Å². The molecule has 22 heavy (non-hydrogen) atoms. The molecule has 1 aromatic carbocycles. The number of nitrogens with zero attached hydrogens (tertiary/aromatic N) is 1. The van der Waals surface area contributed by atoms with E-state index in [2.05, 4.69) is 9.72 Å². The molecule has 0 saturated heterocycles. The molecule has 0 bridgehead atoms. The first-order valence-electron chi connectivity index (χ1n) is 6.40. The monoisotopic (exact) mass is 308 g/mol. The van der Waals surface area contributed by atoms with Gasteiger partial charge in [-0.15, -0.1) is 13.2 Å². The molecule has 0 aliphatic heterocycles. The van der Waals surface area contributed by atoms with E-state index in [-0.39, 0.29) is 12.1 Å². The zero-order valence-electron chi connectivity index (χ0n) is 11.2. The van der Waals surface area contributed by atoms with Crippen molar-refractivity contribution in [3.05, 3.63) is 48.4 Å². The summed E-state index contributed by atoms with van der Waals surface area (Å²) in [6, 6.07) is 9.69. The zero-order chi connectivity index (χ0) is 15.7. The number of hydrogen-bond donors (Lipinski definition) is 1. The normalized spacial score (nSPS) is 11.8. The van der Waals surface area contributed by atoms with E-state index in [1.54, 1.807) is 36.5 Å². The van der Waals surface area contributed by atoms with E-state index in [4.69, 9.17) is 10.2 Å². The first-order valence-corrected chi connectivity index (χ1v) is 6.40. The number of nitrogens with two attached hydrogens (primary N) is 1. The quantitative estimate of drug-likeness (QED) is 0.798. The zero-order valence-corrected chi connectivity index (χ0v) is 11.2. The van der Waals surface area contributed by atoms with E-state index in [0.29, 0.717) is 22.4 Å². The molecule has 114 valence electrons. The number of furan rings is 1. The molecule has 3 rings (SSSR count). The number of hydrogen-bond acceptors (Lipinski definition) is 4. The maximum absolute atomic E-state index is 12.6. The maximum Gasteiger partial charge on any atom is 0.573 e. The van der Waals surface area contributed by atoms with Crippen LogP contribution in [0.2, 0.25) is 0 Å². The second kappa shape index (κ2) is 5.34. The summed E-state index contributed by atoms with van der Waals surface area (Å²) in [4.78, 5) is 4.13. The van der Waals surface area contributed by atoms with E-state index in [9.17, 15) is 13.2 Å². The highest BCUT2D eigenvalue weighted by Gasteiger charge is 2.33. The summed E-state index contributed by atoms with van der Waals surface area (Å²) in [7, 11) is 0. The number of benzene rings is 1. The van der Waals surface area contributed by atoms with Crippen LogP contribution in [0.5, 0.6) is 5.75 Å². The molecule has 3 aromatic rings. The lowest BCUT2D eigenvalue weighted by Crippen LogP contribution is -2.17. The Balaban J connectivity index is 2.19. The van der Waals surface area contributed by atoms with Crippen LogP contribution in [0, 0.1) is 0 Å². The highest BCUT2D eigenvalue weighted by atomic mass is 19.4. The predicted octanol–water partition coefficient (Wildman–Crippen LogP) is 3.85. The number of ether oxygens (including phenoxy) is 1. The van der Waals surface area contributed by atoms with Crippen LogP contribution in [0.1, 0.15) is 5.76 Å². The van der Waals surface area contributed by atoms with E-state index < -0.39 is 12.1 Å². The van der Waals surface area contributed by atoms with Gasteiger partial charge in [0.15, 0.2) is 11.3 Å². The fraction of sp³-hybridized carbons (Fsp3) is 0.133. The molecule has 0 amide bonds. The van der Waals surface area contributed by atoms with Crippen molar-refractivity contribution >= 4 is 11.0 Å². The topological polar surface area (TPSA) is 61.3 Å². The molecule has 2 N–H and O–H groups in total. The Morgan fingerprint density at radius 3 is 2.64 bits per heavy atom. The van der Waals surface area contributed by atoms with Crippen molar-refractivity contribution in [2.75, 3.05) is 0 Å². The molecular weight excluding hydrogens is 297 g/mol. The summed E-state index contributed by atoms with van der Waals surface area (Å²) in [6.07, 6.45) is -3.25. The summed E-state index contributed by atoms with van der Waals surface area (Å²) in [5, 5.41) is 0.475. The number of halogens is 3. The van der Waals surface area contributed by atoms with Gasteiger partial charge in [-0.3, -0.25) is 4.98 Å². The fourth-order valence-electron chi connectivity index (χ4n) is 2.16. The lowest BCUT2D eigenvalue weighted by Gasteiger charge is -2.10. The standard InChI is InChI=1S/C15H11F3N2O2/c16-15(17,18)22-13-7-9(12-3-1-2-4-20-12)5-10-6-11(8-19)21-14(10)13/h1-7H,8,19H2. The van der Waals surface area contributed by atoms with Gasteiger partial charge in [-0.25, -0.2) is 0 Å². The van der Waals surface area contributed by atoms with Gasteiger partial charge < -0.3 is 14.9 Å². The Bertz CT molecular complexity index is 798. The molecular formula is C15H11F3N2O2. The molecule has 0 radical (unpaired) electrons. The van der Waals surface area contributed by atoms with Crippen molar-refractivity contribution in [1.29, 1.82) is 0 Å². The van der Waals surface area contributed by atoms with Crippen molar-refractivity contribution in [3.63, 3.8) is 0 Å². The third-order valence-electron chi connectivity index (χ3n) is 3.02. The van der Waals surface area contributed by atoms with Gasteiger partial charge in [-0.05, 0) is 30.3 Å². The smallest absolute Gasteiger partial charge is 0.456 e. The number of aromatic nitrogens is 1. The Labute approximate surface area is 123 Å². The van der Waals surface area contributed by atoms with Crippen LogP contribution in [-0.4, -0.2) is 11.3 Å². The predicted molar refractivity (Wildman–Crippen MR) is 74.0 cm³/mol. The molecule has 0 fully saturated rings. The van der Waals surface area contributed by atoms with Crippen molar-refractivity contribution in [2.45, 2.75) is 12.9 Å². The Morgan fingerprint density at radius 1 is 1.18 bits per heavy atom. The lowest BCUT2D eigenvalue weighted by molar-refractivity contribution is -0.274. The number of alkyl halides is 3. The second-order valence-electron chi connectivity index (χ2n) is 4.57. The minimum absolute atomic E-state index is 0.0115. The summed E-state index contributed by atoms with van der Waals surface area (Å²) >= 11 is 0. The van der Waals surface area contributed by atoms with E-state index in [1.807, 2.05) is 0 Å². The van der Waals surface area contributed by atoms with Gasteiger partial charge in [-0.2, -0.15) is 0 Å². The molecule has 2 heterocycles. The van der Waals surface area contributed by atoms with Gasteiger partial charge in [-0.1, -0.05) is 6.07 Å². The third-order valence-corrected chi connectivity index (χ3v) is 3.02. The minimum Gasteiger partial charge on any atom is -0.456 e. The minimum atomic E-state index is -4.81. The first-order chi connectivity index (χ1) is 10.5. The SMILES string of the molecule is NCc1cc2cc(-c3ccccn3)cc(OC(F)(F)F)c2o1. The Morgan fingerprint density at radius 2 is 2.00 bits per heavy atom. The third kappa shape index (κ3) is 2.89. The highest BCUT2D eigenvalue weighted by Crippen LogP contribution is 2.36. The molecule has 0 spiro atoms. The Hall–Kier alpha value is -2.54. The van der Waals surface area contributed by atoms with Crippen LogP contribution in [0.15, 0.2) is 47.0 Å². The number of pyridine rings is 1. The van der Waals surface area contributed by atoms with Gasteiger partial charge in [0.1, 0.15) is 5.76 Å².